The second-order valence-electron chi connectivity index (χ2n) is 4.92. The van der Waals surface area contributed by atoms with Gasteiger partial charge in [0.25, 0.3) is 5.91 Å². The van der Waals surface area contributed by atoms with Gasteiger partial charge in [-0.3, -0.25) is 9.59 Å². The molecule has 2 rings (SSSR count). The smallest absolute Gasteiger partial charge is 0.262 e. The Balaban J connectivity index is 2.06. The van der Waals surface area contributed by atoms with Gasteiger partial charge in [0.15, 0.2) is 6.61 Å². The van der Waals surface area contributed by atoms with Crippen LogP contribution in [0.1, 0.15) is 32.4 Å². The Hall–Kier alpha value is -2.08. The van der Waals surface area contributed by atoms with Crippen molar-refractivity contribution in [3.05, 3.63) is 23.8 Å². The minimum absolute atomic E-state index is 0.0322. The van der Waals surface area contributed by atoms with Crippen LogP contribution in [0, 0.1) is 0 Å². The molecule has 2 atom stereocenters. The molecule has 0 bridgehead atoms. The first-order valence-corrected chi connectivity index (χ1v) is 6.99. The normalized spacial score (nSPS) is 16.2. The minimum Gasteiger partial charge on any atom is -0.482 e. The van der Waals surface area contributed by atoms with E-state index < -0.39 is 6.10 Å². The van der Waals surface area contributed by atoms with Crippen LogP contribution in [0.4, 0.5) is 5.69 Å². The molecule has 1 aliphatic rings. The van der Waals surface area contributed by atoms with Crippen molar-refractivity contribution in [1.82, 2.24) is 5.32 Å². The lowest BCUT2D eigenvalue weighted by molar-refractivity contribution is -0.132. The van der Waals surface area contributed by atoms with Crippen LogP contribution in [-0.4, -0.2) is 31.1 Å². The third-order valence-electron chi connectivity index (χ3n) is 3.28. The van der Waals surface area contributed by atoms with Crippen molar-refractivity contribution in [3.8, 4) is 5.75 Å². The summed E-state index contributed by atoms with van der Waals surface area (Å²) in [4.78, 5) is 23.3. The zero-order chi connectivity index (χ0) is 15.4. The van der Waals surface area contributed by atoms with E-state index in [2.05, 4.69) is 10.6 Å². The topological polar surface area (TPSA) is 76.7 Å². The van der Waals surface area contributed by atoms with Gasteiger partial charge in [0.1, 0.15) is 11.9 Å². The summed E-state index contributed by atoms with van der Waals surface area (Å²) in [6.45, 7) is 5.96. The van der Waals surface area contributed by atoms with Gasteiger partial charge >= 0.3 is 0 Å². The first-order valence-electron chi connectivity index (χ1n) is 6.99. The van der Waals surface area contributed by atoms with Gasteiger partial charge in [0, 0.05) is 6.61 Å². The van der Waals surface area contributed by atoms with Gasteiger partial charge in [-0.05, 0) is 38.5 Å². The van der Waals surface area contributed by atoms with Crippen molar-refractivity contribution in [1.29, 1.82) is 0 Å². The number of carbonyl (C=O) groups is 2. The monoisotopic (exact) mass is 292 g/mol. The molecule has 1 aliphatic heterocycles. The van der Waals surface area contributed by atoms with Crippen LogP contribution < -0.4 is 15.4 Å². The van der Waals surface area contributed by atoms with Crippen LogP contribution in [0.25, 0.3) is 0 Å². The molecule has 2 N–H and O–H groups in total. The fourth-order valence-electron chi connectivity index (χ4n) is 2.11. The van der Waals surface area contributed by atoms with Gasteiger partial charge in [-0.2, -0.15) is 0 Å². The van der Waals surface area contributed by atoms with E-state index in [4.69, 9.17) is 9.47 Å². The maximum absolute atomic E-state index is 11.9. The van der Waals surface area contributed by atoms with Gasteiger partial charge in [-0.15, -0.1) is 0 Å². The average molecular weight is 292 g/mol. The number of amides is 2. The molecule has 6 nitrogen and oxygen atoms in total. The van der Waals surface area contributed by atoms with E-state index in [1.165, 1.54) is 0 Å². The Morgan fingerprint density at radius 3 is 2.95 bits per heavy atom. The predicted octanol–water partition coefficient (Wildman–Crippen LogP) is 1.62. The lowest BCUT2D eigenvalue weighted by atomic mass is 10.1. The summed E-state index contributed by atoms with van der Waals surface area (Å²) in [6.07, 6.45) is -0.488. The highest BCUT2D eigenvalue weighted by molar-refractivity contribution is 5.95. The van der Waals surface area contributed by atoms with Crippen molar-refractivity contribution in [2.45, 2.75) is 32.9 Å². The van der Waals surface area contributed by atoms with Crippen molar-refractivity contribution in [3.63, 3.8) is 0 Å². The first-order chi connectivity index (χ1) is 10.0. The quantitative estimate of drug-likeness (QED) is 0.864. The highest BCUT2D eigenvalue weighted by Gasteiger charge is 2.19. The number of fused-ring (bicyclic) bond motifs is 1. The second kappa shape index (κ2) is 6.58. The van der Waals surface area contributed by atoms with Crippen molar-refractivity contribution in [2.24, 2.45) is 0 Å². The molecule has 0 aliphatic carbocycles. The van der Waals surface area contributed by atoms with E-state index in [1.807, 2.05) is 26.0 Å². The first kappa shape index (κ1) is 15.3. The molecule has 114 valence electrons. The average Bonchev–Trinajstić information content (AvgIpc) is 2.46. The molecular formula is C15H20N2O4. The lowest BCUT2D eigenvalue weighted by Crippen LogP contribution is -2.36. The second-order valence-corrected chi connectivity index (χ2v) is 4.92. The Kier molecular flexibility index (Phi) is 4.80. The van der Waals surface area contributed by atoms with Crippen LogP contribution in [0.2, 0.25) is 0 Å². The van der Waals surface area contributed by atoms with Gasteiger partial charge in [-0.1, -0.05) is 6.07 Å². The number of nitrogens with one attached hydrogen (secondary N) is 2. The SMILES string of the molecule is CCO[C@@H](C)C(=O)N[C@H](C)c1ccc2c(c1)NC(=O)CO2. The molecule has 6 heteroatoms. The van der Waals surface area contributed by atoms with E-state index >= 15 is 0 Å². The standard InChI is InChI=1S/C15H20N2O4/c1-4-20-10(3)15(19)16-9(2)11-5-6-13-12(7-11)17-14(18)8-21-13/h5-7,9-10H,4,8H2,1-3H3,(H,16,19)(H,17,18)/t9-,10+/m1/s1. The molecule has 21 heavy (non-hydrogen) atoms. The van der Waals surface area contributed by atoms with E-state index in [0.29, 0.717) is 18.0 Å². The summed E-state index contributed by atoms with van der Waals surface area (Å²) < 4.78 is 10.6. The summed E-state index contributed by atoms with van der Waals surface area (Å²) in [6, 6.07) is 5.28. The molecule has 0 fully saturated rings. The molecule has 1 aromatic carbocycles. The number of hydrogen-bond acceptors (Lipinski definition) is 4. The lowest BCUT2D eigenvalue weighted by Gasteiger charge is -2.22. The molecule has 0 saturated carbocycles. The minimum atomic E-state index is -0.488. The number of benzene rings is 1. The molecule has 1 heterocycles. The molecule has 1 aromatic rings. The van der Waals surface area contributed by atoms with Gasteiger partial charge in [0.2, 0.25) is 5.91 Å². The van der Waals surface area contributed by atoms with Gasteiger partial charge < -0.3 is 20.1 Å². The molecule has 0 aromatic heterocycles. The van der Waals surface area contributed by atoms with E-state index in [9.17, 15) is 9.59 Å². The highest BCUT2D eigenvalue weighted by Crippen LogP contribution is 2.30. The van der Waals surface area contributed by atoms with Gasteiger partial charge in [-0.25, -0.2) is 0 Å². The fourth-order valence-corrected chi connectivity index (χ4v) is 2.11. The third kappa shape index (κ3) is 3.72. The van der Waals surface area contributed by atoms with Crippen LogP contribution in [-0.2, 0) is 14.3 Å². The van der Waals surface area contributed by atoms with Crippen LogP contribution >= 0.6 is 0 Å². The Bertz CT molecular complexity index is 544. The maximum Gasteiger partial charge on any atom is 0.262 e. The van der Waals surface area contributed by atoms with E-state index in [-0.39, 0.29) is 24.5 Å². The summed E-state index contributed by atoms with van der Waals surface area (Å²) in [5, 5.41) is 5.63. The van der Waals surface area contributed by atoms with Crippen molar-refractivity contribution in [2.75, 3.05) is 18.5 Å². The van der Waals surface area contributed by atoms with Crippen molar-refractivity contribution < 1.29 is 19.1 Å². The van der Waals surface area contributed by atoms with E-state index in [0.717, 1.165) is 5.56 Å². The Morgan fingerprint density at radius 2 is 2.24 bits per heavy atom. The third-order valence-corrected chi connectivity index (χ3v) is 3.28. The molecule has 0 spiro atoms. The summed E-state index contributed by atoms with van der Waals surface area (Å²) in [7, 11) is 0. The number of hydrogen-bond donors (Lipinski definition) is 2. The number of ether oxygens (including phenoxy) is 2. The number of anilines is 1. The predicted molar refractivity (Wildman–Crippen MR) is 78.2 cm³/mol. The molecule has 0 unspecified atom stereocenters. The summed E-state index contributed by atoms with van der Waals surface area (Å²) in [5.74, 6) is 0.295. The van der Waals surface area contributed by atoms with E-state index in [1.54, 1.807) is 13.0 Å². The Morgan fingerprint density at radius 1 is 1.48 bits per heavy atom. The molecule has 0 radical (unpaired) electrons. The zero-order valence-corrected chi connectivity index (χ0v) is 12.4. The Labute approximate surface area is 123 Å². The zero-order valence-electron chi connectivity index (χ0n) is 12.4. The summed E-state index contributed by atoms with van der Waals surface area (Å²) in [5.41, 5.74) is 1.51. The molecule has 0 saturated heterocycles. The molecular weight excluding hydrogens is 272 g/mol. The van der Waals surface area contributed by atoms with Crippen LogP contribution in [0.15, 0.2) is 18.2 Å². The summed E-state index contributed by atoms with van der Waals surface area (Å²) >= 11 is 0. The largest absolute Gasteiger partial charge is 0.482 e. The maximum atomic E-state index is 11.9. The molecule has 2 amide bonds. The number of carbonyl (C=O) groups excluding carboxylic acids is 2. The van der Waals surface area contributed by atoms with Crippen LogP contribution in [0.5, 0.6) is 5.75 Å². The van der Waals surface area contributed by atoms with Crippen molar-refractivity contribution >= 4 is 17.5 Å². The number of rotatable bonds is 5. The fraction of sp³-hybridized carbons (Fsp3) is 0.467. The van der Waals surface area contributed by atoms with Gasteiger partial charge in [0.05, 0.1) is 11.7 Å². The van der Waals surface area contributed by atoms with Crippen LogP contribution in [0.3, 0.4) is 0 Å². The highest BCUT2D eigenvalue weighted by atomic mass is 16.5.